The van der Waals surface area contributed by atoms with Gasteiger partial charge in [-0.25, -0.2) is 8.42 Å². The number of nitrogens with one attached hydrogen (secondary N) is 1. The summed E-state index contributed by atoms with van der Waals surface area (Å²) in [7, 11) is -3.36. The fourth-order valence-electron chi connectivity index (χ4n) is 1.28. The van der Waals surface area contributed by atoms with Crippen LogP contribution in [0.15, 0.2) is 24.3 Å². The molecule has 0 spiro atoms. The zero-order chi connectivity index (χ0) is 12.2. The van der Waals surface area contributed by atoms with Crippen molar-refractivity contribution in [3.8, 4) is 6.07 Å². The van der Waals surface area contributed by atoms with Crippen molar-refractivity contribution >= 4 is 10.0 Å². The molecular formula is C11H14N2O2S. The predicted octanol–water partition coefficient (Wildman–Crippen LogP) is 1.50. The van der Waals surface area contributed by atoms with Crippen molar-refractivity contribution in [2.45, 2.75) is 19.9 Å². The normalized spacial score (nSPS) is 13.1. The number of nitrogens with zero attached hydrogens (tertiary/aromatic N) is 1. The van der Waals surface area contributed by atoms with Gasteiger partial charge in [-0.15, -0.1) is 0 Å². The van der Waals surface area contributed by atoms with E-state index in [9.17, 15) is 8.42 Å². The number of nitriles is 1. The molecule has 1 N–H and O–H groups in total. The van der Waals surface area contributed by atoms with Crippen LogP contribution >= 0.6 is 0 Å². The Morgan fingerprint density at radius 2 is 2.19 bits per heavy atom. The van der Waals surface area contributed by atoms with E-state index in [0.29, 0.717) is 5.56 Å². The fourth-order valence-corrected chi connectivity index (χ4v) is 2.00. The van der Waals surface area contributed by atoms with Gasteiger partial charge in [0.1, 0.15) is 6.04 Å². The third-order valence-corrected chi connectivity index (χ3v) is 3.54. The van der Waals surface area contributed by atoms with Gasteiger partial charge in [-0.3, -0.25) is 0 Å². The zero-order valence-electron chi connectivity index (χ0n) is 9.27. The molecule has 1 atom stereocenters. The third-order valence-electron chi connectivity index (χ3n) is 2.18. The van der Waals surface area contributed by atoms with E-state index in [2.05, 4.69) is 4.72 Å². The number of hydrogen-bond donors (Lipinski definition) is 1. The van der Waals surface area contributed by atoms with E-state index in [0.717, 1.165) is 5.56 Å². The van der Waals surface area contributed by atoms with Crippen LogP contribution in [0.5, 0.6) is 0 Å². The van der Waals surface area contributed by atoms with Crippen LogP contribution in [0.25, 0.3) is 0 Å². The molecule has 0 amide bonds. The van der Waals surface area contributed by atoms with E-state index in [4.69, 9.17) is 5.26 Å². The van der Waals surface area contributed by atoms with Crippen molar-refractivity contribution in [3.63, 3.8) is 0 Å². The van der Waals surface area contributed by atoms with Crippen molar-refractivity contribution in [3.05, 3.63) is 35.4 Å². The van der Waals surface area contributed by atoms with Gasteiger partial charge >= 0.3 is 0 Å². The molecule has 5 heteroatoms. The first-order valence-corrected chi connectivity index (χ1v) is 6.60. The number of sulfonamides is 1. The van der Waals surface area contributed by atoms with Crippen LogP contribution in [-0.2, 0) is 10.0 Å². The first kappa shape index (κ1) is 12.7. The Balaban J connectivity index is 2.97. The number of benzene rings is 1. The minimum atomic E-state index is -3.36. The van der Waals surface area contributed by atoms with Gasteiger partial charge in [-0.05, 0) is 19.4 Å². The Morgan fingerprint density at radius 1 is 1.50 bits per heavy atom. The highest BCUT2D eigenvalue weighted by Gasteiger charge is 2.17. The average Bonchev–Trinajstić information content (AvgIpc) is 2.26. The molecule has 0 fully saturated rings. The van der Waals surface area contributed by atoms with Gasteiger partial charge in [0.15, 0.2) is 0 Å². The number of hydrogen-bond acceptors (Lipinski definition) is 3. The standard InChI is InChI=1S/C11H14N2O2S/c1-3-16(14,15)13-11(8-12)10-6-4-5-9(2)7-10/h4-7,11,13H,3H2,1-2H3. The molecule has 0 heterocycles. The summed E-state index contributed by atoms with van der Waals surface area (Å²) >= 11 is 0. The molecule has 0 saturated carbocycles. The molecule has 0 bridgehead atoms. The maximum atomic E-state index is 11.4. The molecule has 1 rings (SSSR count). The molecule has 16 heavy (non-hydrogen) atoms. The third kappa shape index (κ3) is 3.33. The Hall–Kier alpha value is -1.38. The molecular weight excluding hydrogens is 224 g/mol. The summed E-state index contributed by atoms with van der Waals surface area (Å²) in [6, 6.07) is 8.36. The van der Waals surface area contributed by atoms with Gasteiger partial charge in [-0.2, -0.15) is 9.98 Å². The largest absolute Gasteiger partial charge is 0.212 e. The summed E-state index contributed by atoms with van der Waals surface area (Å²) in [6.45, 7) is 3.43. The summed E-state index contributed by atoms with van der Waals surface area (Å²) in [5.41, 5.74) is 1.66. The quantitative estimate of drug-likeness (QED) is 0.864. The van der Waals surface area contributed by atoms with Crippen LogP contribution in [0.3, 0.4) is 0 Å². The number of rotatable bonds is 4. The molecule has 0 aromatic heterocycles. The molecule has 0 saturated heterocycles. The van der Waals surface area contributed by atoms with Gasteiger partial charge in [0.25, 0.3) is 0 Å². The van der Waals surface area contributed by atoms with E-state index in [1.807, 2.05) is 19.1 Å². The van der Waals surface area contributed by atoms with Crippen molar-refractivity contribution in [1.29, 1.82) is 5.26 Å². The Labute approximate surface area is 96.0 Å². The molecule has 0 radical (unpaired) electrons. The highest BCUT2D eigenvalue weighted by atomic mass is 32.2. The van der Waals surface area contributed by atoms with Gasteiger partial charge in [-0.1, -0.05) is 29.8 Å². The van der Waals surface area contributed by atoms with E-state index >= 15 is 0 Å². The van der Waals surface area contributed by atoms with Crippen LogP contribution < -0.4 is 4.72 Å². The molecule has 0 aliphatic carbocycles. The van der Waals surface area contributed by atoms with Crippen LogP contribution in [0.1, 0.15) is 24.1 Å². The lowest BCUT2D eigenvalue weighted by Gasteiger charge is -2.11. The van der Waals surface area contributed by atoms with Gasteiger partial charge in [0.05, 0.1) is 11.8 Å². The second kappa shape index (κ2) is 5.10. The highest BCUT2D eigenvalue weighted by Crippen LogP contribution is 2.14. The predicted molar refractivity (Wildman–Crippen MR) is 62.1 cm³/mol. The zero-order valence-corrected chi connectivity index (χ0v) is 10.1. The maximum Gasteiger partial charge on any atom is 0.212 e. The average molecular weight is 238 g/mol. The Morgan fingerprint density at radius 3 is 2.69 bits per heavy atom. The molecule has 1 aromatic rings. The van der Waals surface area contributed by atoms with Crippen molar-refractivity contribution in [2.24, 2.45) is 0 Å². The Kier molecular flexibility index (Phi) is 4.05. The van der Waals surface area contributed by atoms with E-state index < -0.39 is 16.1 Å². The molecule has 1 unspecified atom stereocenters. The second-order valence-corrected chi connectivity index (χ2v) is 5.54. The molecule has 4 nitrogen and oxygen atoms in total. The number of aryl methyl sites for hydroxylation is 1. The molecule has 86 valence electrons. The summed E-state index contributed by atoms with van der Waals surface area (Å²) in [5.74, 6) is -0.0308. The minimum absolute atomic E-state index is 0.0308. The molecule has 0 aliphatic heterocycles. The van der Waals surface area contributed by atoms with Crippen LogP contribution in [0.2, 0.25) is 0 Å². The lowest BCUT2D eigenvalue weighted by Crippen LogP contribution is -2.29. The maximum absolute atomic E-state index is 11.4. The van der Waals surface area contributed by atoms with Crippen LogP contribution in [-0.4, -0.2) is 14.2 Å². The smallest absolute Gasteiger partial charge is 0.212 e. The van der Waals surface area contributed by atoms with E-state index in [1.165, 1.54) is 6.92 Å². The molecule has 1 aromatic carbocycles. The summed E-state index contributed by atoms with van der Waals surface area (Å²) < 4.78 is 25.1. The van der Waals surface area contributed by atoms with Crippen molar-refractivity contribution in [2.75, 3.05) is 5.75 Å². The Bertz CT molecular complexity index is 503. The first-order chi connectivity index (χ1) is 7.48. The summed E-state index contributed by atoms with van der Waals surface area (Å²) in [6.07, 6.45) is 0. The van der Waals surface area contributed by atoms with Crippen molar-refractivity contribution < 1.29 is 8.42 Å². The fraction of sp³-hybridized carbons (Fsp3) is 0.364. The van der Waals surface area contributed by atoms with Gasteiger partial charge in [0.2, 0.25) is 10.0 Å². The van der Waals surface area contributed by atoms with E-state index in [-0.39, 0.29) is 5.75 Å². The van der Waals surface area contributed by atoms with E-state index in [1.54, 1.807) is 18.2 Å². The lowest BCUT2D eigenvalue weighted by atomic mass is 10.1. The van der Waals surface area contributed by atoms with Crippen molar-refractivity contribution in [1.82, 2.24) is 4.72 Å². The van der Waals surface area contributed by atoms with Gasteiger partial charge < -0.3 is 0 Å². The minimum Gasteiger partial charge on any atom is -0.212 e. The lowest BCUT2D eigenvalue weighted by molar-refractivity contribution is 0.576. The second-order valence-electron chi connectivity index (χ2n) is 3.50. The van der Waals surface area contributed by atoms with Gasteiger partial charge in [0, 0.05) is 0 Å². The summed E-state index contributed by atoms with van der Waals surface area (Å²) in [5, 5.41) is 8.95. The monoisotopic (exact) mass is 238 g/mol. The van der Waals surface area contributed by atoms with Crippen LogP contribution in [0, 0.1) is 18.3 Å². The SMILES string of the molecule is CCS(=O)(=O)NC(C#N)c1cccc(C)c1. The topological polar surface area (TPSA) is 70.0 Å². The molecule has 0 aliphatic rings. The highest BCUT2D eigenvalue weighted by molar-refractivity contribution is 7.89. The summed E-state index contributed by atoms with van der Waals surface area (Å²) in [4.78, 5) is 0. The first-order valence-electron chi connectivity index (χ1n) is 4.94. The van der Waals surface area contributed by atoms with Crippen LogP contribution in [0.4, 0.5) is 0 Å².